The monoisotopic (exact) mass is 387 g/mol. The van der Waals surface area contributed by atoms with Gasteiger partial charge in [0, 0.05) is 18.2 Å². The average molecular weight is 388 g/mol. The summed E-state index contributed by atoms with van der Waals surface area (Å²) in [5.41, 5.74) is 3.81. The van der Waals surface area contributed by atoms with Gasteiger partial charge in [-0.15, -0.1) is 0 Å². The Morgan fingerprint density at radius 3 is 2.74 bits per heavy atom. The SMILES string of the molecule is Cc1cccc(CCNC(=O)c2cc(C3CC3)n(C3CCS(=O)(=O)C3)n2)c1. The molecule has 7 heteroatoms. The minimum absolute atomic E-state index is 0.128. The lowest BCUT2D eigenvalue weighted by atomic mass is 10.1. The number of carbonyl (C=O) groups is 1. The van der Waals surface area contributed by atoms with Crippen molar-refractivity contribution in [3.63, 3.8) is 0 Å². The highest BCUT2D eigenvalue weighted by Gasteiger charge is 2.36. The molecule has 1 aromatic carbocycles. The fraction of sp³-hybridized carbons (Fsp3) is 0.500. The molecule has 2 heterocycles. The third-order valence-electron chi connectivity index (χ3n) is 5.33. The van der Waals surface area contributed by atoms with Gasteiger partial charge in [-0.1, -0.05) is 29.8 Å². The molecule has 1 atom stereocenters. The number of aromatic nitrogens is 2. The number of benzene rings is 1. The Bertz CT molecular complexity index is 961. The first-order valence-corrected chi connectivity index (χ1v) is 11.4. The lowest BCUT2D eigenvalue weighted by Crippen LogP contribution is -2.26. The number of amides is 1. The quantitative estimate of drug-likeness (QED) is 0.825. The van der Waals surface area contributed by atoms with Crippen molar-refractivity contribution < 1.29 is 13.2 Å². The van der Waals surface area contributed by atoms with E-state index in [0.717, 1.165) is 25.0 Å². The molecule has 1 saturated heterocycles. The highest BCUT2D eigenvalue weighted by Crippen LogP contribution is 2.42. The van der Waals surface area contributed by atoms with E-state index in [1.165, 1.54) is 11.1 Å². The van der Waals surface area contributed by atoms with Crippen LogP contribution in [0.5, 0.6) is 0 Å². The molecular weight excluding hydrogens is 362 g/mol. The van der Waals surface area contributed by atoms with Crippen LogP contribution >= 0.6 is 0 Å². The van der Waals surface area contributed by atoms with Crippen molar-refractivity contribution in [3.8, 4) is 0 Å². The van der Waals surface area contributed by atoms with E-state index in [1.807, 2.05) is 16.8 Å². The van der Waals surface area contributed by atoms with Gasteiger partial charge in [-0.3, -0.25) is 9.48 Å². The molecule has 1 amide bonds. The van der Waals surface area contributed by atoms with Gasteiger partial charge in [0.1, 0.15) is 5.69 Å². The van der Waals surface area contributed by atoms with Crippen molar-refractivity contribution in [2.24, 2.45) is 0 Å². The van der Waals surface area contributed by atoms with Gasteiger partial charge in [-0.05, 0) is 44.2 Å². The van der Waals surface area contributed by atoms with Gasteiger partial charge in [0.2, 0.25) is 0 Å². The van der Waals surface area contributed by atoms with Gasteiger partial charge in [0.15, 0.2) is 9.84 Å². The van der Waals surface area contributed by atoms with Gasteiger partial charge in [0.25, 0.3) is 5.91 Å². The number of carbonyl (C=O) groups excluding carboxylic acids is 1. The molecule has 1 saturated carbocycles. The van der Waals surface area contributed by atoms with Gasteiger partial charge in [-0.2, -0.15) is 5.10 Å². The summed E-state index contributed by atoms with van der Waals surface area (Å²) in [6, 6.07) is 9.96. The normalized spacial score (nSPS) is 21.3. The predicted octanol–water partition coefficient (Wildman–Crippen LogP) is 2.40. The highest BCUT2D eigenvalue weighted by molar-refractivity contribution is 7.91. The van der Waals surface area contributed by atoms with Crippen LogP contribution in [0.3, 0.4) is 0 Å². The molecule has 1 aliphatic heterocycles. The number of aryl methyl sites for hydroxylation is 1. The van der Waals surface area contributed by atoms with Crippen LogP contribution in [0.15, 0.2) is 30.3 Å². The number of sulfone groups is 1. The third-order valence-corrected chi connectivity index (χ3v) is 7.08. The van der Waals surface area contributed by atoms with E-state index < -0.39 is 9.84 Å². The number of hydrogen-bond donors (Lipinski definition) is 1. The van der Waals surface area contributed by atoms with E-state index in [1.54, 1.807) is 0 Å². The average Bonchev–Trinajstić information content (AvgIpc) is 3.26. The molecule has 1 aliphatic carbocycles. The molecule has 0 spiro atoms. The van der Waals surface area contributed by atoms with Crippen LogP contribution in [0.4, 0.5) is 0 Å². The van der Waals surface area contributed by atoms with Crippen LogP contribution in [0, 0.1) is 6.92 Å². The highest BCUT2D eigenvalue weighted by atomic mass is 32.2. The molecule has 0 radical (unpaired) electrons. The molecule has 6 nitrogen and oxygen atoms in total. The first-order chi connectivity index (χ1) is 12.9. The Balaban J connectivity index is 1.44. The van der Waals surface area contributed by atoms with Crippen molar-refractivity contribution in [2.45, 2.75) is 44.6 Å². The Hall–Kier alpha value is -2.15. The summed E-state index contributed by atoms with van der Waals surface area (Å²) in [5, 5.41) is 7.44. The molecule has 2 aromatic rings. The predicted molar refractivity (Wildman–Crippen MR) is 104 cm³/mol. The molecule has 1 unspecified atom stereocenters. The first kappa shape index (κ1) is 18.2. The Labute approximate surface area is 159 Å². The van der Waals surface area contributed by atoms with E-state index in [0.29, 0.717) is 24.6 Å². The van der Waals surface area contributed by atoms with E-state index in [2.05, 4.69) is 35.5 Å². The molecule has 2 fully saturated rings. The molecule has 1 N–H and O–H groups in total. The van der Waals surface area contributed by atoms with Gasteiger partial charge >= 0.3 is 0 Å². The number of nitrogens with one attached hydrogen (secondary N) is 1. The molecule has 0 bridgehead atoms. The lowest BCUT2D eigenvalue weighted by molar-refractivity contribution is 0.0948. The van der Waals surface area contributed by atoms with Crippen molar-refractivity contribution in [2.75, 3.05) is 18.1 Å². The van der Waals surface area contributed by atoms with Gasteiger partial charge < -0.3 is 5.32 Å². The summed E-state index contributed by atoms with van der Waals surface area (Å²) in [4.78, 5) is 12.5. The van der Waals surface area contributed by atoms with Gasteiger partial charge in [-0.25, -0.2) is 8.42 Å². The zero-order valence-corrected chi connectivity index (χ0v) is 16.3. The summed E-state index contributed by atoms with van der Waals surface area (Å²) >= 11 is 0. The third kappa shape index (κ3) is 4.24. The fourth-order valence-electron chi connectivity index (χ4n) is 3.74. The lowest BCUT2D eigenvalue weighted by Gasteiger charge is -2.12. The maximum absolute atomic E-state index is 12.5. The van der Waals surface area contributed by atoms with Crippen LogP contribution in [0.1, 0.15) is 58.5 Å². The Morgan fingerprint density at radius 1 is 1.26 bits per heavy atom. The van der Waals surface area contributed by atoms with Crippen molar-refractivity contribution in [1.29, 1.82) is 0 Å². The minimum Gasteiger partial charge on any atom is -0.350 e. The summed E-state index contributed by atoms with van der Waals surface area (Å²) in [5.74, 6) is 0.557. The second kappa shape index (κ2) is 7.11. The largest absolute Gasteiger partial charge is 0.350 e. The first-order valence-electron chi connectivity index (χ1n) is 9.55. The van der Waals surface area contributed by atoms with Crippen LogP contribution < -0.4 is 5.32 Å². The molecule has 144 valence electrons. The number of hydrogen-bond acceptors (Lipinski definition) is 4. The molecule has 4 rings (SSSR count). The summed E-state index contributed by atoms with van der Waals surface area (Å²) in [7, 11) is -2.99. The van der Waals surface area contributed by atoms with E-state index in [-0.39, 0.29) is 23.5 Å². The van der Waals surface area contributed by atoms with Crippen molar-refractivity contribution in [1.82, 2.24) is 15.1 Å². The molecule has 2 aliphatic rings. The van der Waals surface area contributed by atoms with Gasteiger partial charge in [0.05, 0.1) is 17.5 Å². The van der Waals surface area contributed by atoms with Crippen LogP contribution in [0.2, 0.25) is 0 Å². The zero-order valence-electron chi connectivity index (χ0n) is 15.5. The van der Waals surface area contributed by atoms with E-state index in [4.69, 9.17) is 0 Å². The van der Waals surface area contributed by atoms with Crippen molar-refractivity contribution in [3.05, 3.63) is 52.8 Å². The molecule has 27 heavy (non-hydrogen) atoms. The zero-order chi connectivity index (χ0) is 19.0. The van der Waals surface area contributed by atoms with Crippen molar-refractivity contribution >= 4 is 15.7 Å². The minimum atomic E-state index is -2.99. The fourth-order valence-corrected chi connectivity index (χ4v) is 5.44. The summed E-state index contributed by atoms with van der Waals surface area (Å²) < 4.78 is 25.5. The smallest absolute Gasteiger partial charge is 0.271 e. The van der Waals surface area contributed by atoms with Crippen LogP contribution in [-0.4, -0.2) is 42.2 Å². The Morgan fingerprint density at radius 2 is 2.07 bits per heavy atom. The molecular formula is C20H25N3O3S. The maximum atomic E-state index is 12.5. The summed E-state index contributed by atoms with van der Waals surface area (Å²) in [6.45, 7) is 2.60. The number of rotatable bonds is 6. The topological polar surface area (TPSA) is 81.1 Å². The molecule has 1 aromatic heterocycles. The van der Waals surface area contributed by atoms with Crippen LogP contribution in [0.25, 0.3) is 0 Å². The standard InChI is InChI=1S/C20H25N3O3S/c1-14-3-2-4-15(11-14)7-9-21-20(24)18-12-19(16-5-6-16)23(22-18)17-8-10-27(25,26)13-17/h2-4,11-12,16-17H,5-10,13H2,1H3,(H,21,24). The number of nitrogens with zero attached hydrogens (tertiary/aromatic N) is 2. The Kier molecular flexibility index (Phi) is 4.80. The van der Waals surface area contributed by atoms with Crippen LogP contribution in [-0.2, 0) is 16.3 Å². The van der Waals surface area contributed by atoms with E-state index in [9.17, 15) is 13.2 Å². The van der Waals surface area contributed by atoms with E-state index >= 15 is 0 Å². The second-order valence-electron chi connectivity index (χ2n) is 7.73. The summed E-state index contributed by atoms with van der Waals surface area (Å²) in [6.07, 6.45) is 3.52. The second-order valence-corrected chi connectivity index (χ2v) is 9.95. The maximum Gasteiger partial charge on any atom is 0.271 e.